The van der Waals surface area contributed by atoms with Crippen molar-refractivity contribution in [3.63, 3.8) is 0 Å². The number of hydrogen-bond donors (Lipinski definition) is 1. The van der Waals surface area contributed by atoms with E-state index in [0.29, 0.717) is 0 Å². The van der Waals surface area contributed by atoms with Gasteiger partial charge < -0.3 is 0 Å². The molecule has 0 saturated heterocycles. The van der Waals surface area contributed by atoms with Crippen molar-refractivity contribution in [2.45, 2.75) is 11.8 Å². The van der Waals surface area contributed by atoms with Crippen molar-refractivity contribution in [1.29, 1.82) is 0 Å². The van der Waals surface area contributed by atoms with Crippen LogP contribution in [0.15, 0.2) is 64.6 Å². The standard InChI is InChI=1S/C15H16N2S/c1-2-18-15-10-8-13(9-11-15)12-16-17-14-6-4-3-5-7-14/h3-12,17H,2H2,1H3. The van der Waals surface area contributed by atoms with Gasteiger partial charge in [-0.3, -0.25) is 5.43 Å². The summed E-state index contributed by atoms with van der Waals surface area (Å²) in [5.74, 6) is 1.10. The van der Waals surface area contributed by atoms with Crippen LogP contribution in [0.3, 0.4) is 0 Å². The molecule has 0 amide bonds. The number of hydrogen-bond acceptors (Lipinski definition) is 3. The fraction of sp³-hybridized carbons (Fsp3) is 0.133. The van der Waals surface area contributed by atoms with Gasteiger partial charge in [0.25, 0.3) is 0 Å². The largest absolute Gasteiger partial charge is 0.279 e. The zero-order valence-electron chi connectivity index (χ0n) is 10.3. The number of thioether (sulfide) groups is 1. The predicted octanol–water partition coefficient (Wildman–Crippen LogP) is 4.24. The van der Waals surface area contributed by atoms with E-state index in [-0.39, 0.29) is 0 Å². The number of nitrogens with zero attached hydrogens (tertiary/aromatic N) is 1. The molecule has 3 heteroatoms. The lowest BCUT2D eigenvalue weighted by atomic mass is 10.2. The Morgan fingerprint density at radius 1 is 1.06 bits per heavy atom. The van der Waals surface area contributed by atoms with Crippen molar-refractivity contribution in [1.82, 2.24) is 0 Å². The molecule has 18 heavy (non-hydrogen) atoms. The second kappa shape index (κ2) is 6.87. The highest BCUT2D eigenvalue weighted by molar-refractivity contribution is 7.99. The number of hydrazone groups is 1. The summed E-state index contributed by atoms with van der Waals surface area (Å²) in [6, 6.07) is 18.3. The Bertz CT molecular complexity index is 492. The van der Waals surface area contributed by atoms with Gasteiger partial charge in [0.2, 0.25) is 0 Å². The van der Waals surface area contributed by atoms with E-state index in [1.165, 1.54) is 4.90 Å². The van der Waals surface area contributed by atoms with Gasteiger partial charge in [-0.25, -0.2) is 0 Å². The maximum atomic E-state index is 4.21. The first-order chi connectivity index (χ1) is 8.88. The maximum Gasteiger partial charge on any atom is 0.0561 e. The molecular weight excluding hydrogens is 240 g/mol. The molecule has 0 saturated carbocycles. The third kappa shape index (κ3) is 3.93. The average molecular weight is 256 g/mol. The molecule has 0 atom stereocenters. The zero-order valence-corrected chi connectivity index (χ0v) is 11.2. The van der Waals surface area contributed by atoms with Gasteiger partial charge in [0.05, 0.1) is 11.9 Å². The second-order valence-electron chi connectivity index (χ2n) is 3.74. The summed E-state index contributed by atoms with van der Waals surface area (Å²) in [6.07, 6.45) is 1.83. The molecule has 0 aromatic heterocycles. The quantitative estimate of drug-likeness (QED) is 0.491. The van der Waals surface area contributed by atoms with E-state index in [0.717, 1.165) is 17.0 Å². The Morgan fingerprint density at radius 2 is 1.78 bits per heavy atom. The van der Waals surface area contributed by atoms with Crippen LogP contribution in [0.25, 0.3) is 0 Å². The zero-order chi connectivity index (χ0) is 12.6. The van der Waals surface area contributed by atoms with Crippen molar-refractivity contribution in [3.05, 3.63) is 60.2 Å². The second-order valence-corrected chi connectivity index (χ2v) is 5.08. The first-order valence-electron chi connectivity index (χ1n) is 5.95. The molecule has 1 N–H and O–H groups in total. The molecule has 0 heterocycles. The number of rotatable bonds is 5. The van der Waals surface area contributed by atoms with Gasteiger partial charge in [0.1, 0.15) is 0 Å². The summed E-state index contributed by atoms with van der Waals surface area (Å²) >= 11 is 1.84. The third-order valence-electron chi connectivity index (χ3n) is 2.37. The summed E-state index contributed by atoms with van der Waals surface area (Å²) < 4.78 is 0. The average Bonchev–Trinajstić information content (AvgIpc) is 2.42. The first-order valence-corrected chi connectivity index (χ1v) is 6.94. The minimum Gasteiger partial charge on any atom is -0.279 e. The molecular formula is C15H16N2S. The highest BCUT2D eigenvalue weighted by Crippen LogP contribution is 2.17. The number of para-hydroxylation sites is 1. The summed E-state index contributed by atoms with van der Waals surface area (Å²) in [5.41, 5.74) is 5.09. The minimum absolute atomic E-state index is 0.993. The van der Waals surface area contributed by atoms with Crippen molar-refractivity contribution < 1.29 is 0 Å². The van der Waals surface area contributed by atoms with Crippen LogP contribution in [0.1, 0.15) is 12.5 Å². The number of anilines is 1. The van der Waals surface area contributed by atoms with Crippen molar-refractivity contribution in [2.75, 3.05) is 11.2 Å². The molecule has 92 valence electrons. The fourth-order valence-electron chi connectivity index (χ4n) is 1.51. The van der Waals surface area contributed by atoms with Gasteiger partial charge in [-0.05, 0) is 35.6 Å². The summed E-state index contributed by atoms with van der Waals surface area (Å²) in [6.45, 7) is 2.16. The SMILES string of the molecule is CCSc1ccc(C=NNc2ccccc2)cc1. The Hall–Kier alpha value is -1.74. The van der Waals surface area contributed by atoms with Gasteiger partial charge in [-0.1, -0.05) is 37.3 Å². The Labute approximate surface area is 112 Å². The van der Waals surface area contributed by atoms with Crippen molar-refractivity contribution in [3.8, 4) is 0 Å². The van der Waals surface area contributed by atoms with Gasteiger partial charge in [0.15, 0.2) is 0 Å². The number of benzene rings is 2. The van der Waals surface area contributed by atoms with Crippen LogP contribution in [-0.4, -0.2) is 12.0 Å². The molecule has 0 aliphatic carbocycles. The molecule has 2 rings (SSSR count). The molecule has 0 spiro atoms. The van der Waals surface area contributed by atoms with Crippen LogP contribution in [-0.2, 0) is 0 Å². The molecule has 0 bridgehead atoms. The minimum atomic E-state index is 0.993. The van der Waals surface area contributed by atoms with E-state index in [9.17, 15) is 0 Å². The van der Waals surface area contributed by atoms with Crippen LogP contribution in [0.4, 0.5) is 5.69 Å². The van der Waals surface area contributed by atoms with Crippen LogP contribution in [0, 0.1) is 0 Å². The molecule has 0 fully saturated rings. The molecule has 0 aliphatic heterocycles. The maximum absolute atomic E-state index is 4.21. The molecule has 0 unspecified atom stereocenters. The lowest BCUT2D eigenvalue weighted by Gasteiger charge is -2.00. The summed E-state index contributed by atoms with van der Waals surface area (Å²) in [5, 5.41) is 4.21. The lowest BCUT2D eigenvalue weighted by Crippen LogP contribution is -1.89. The van der Waals surface area contributed by atoms with Crippen molar-refractivity contribution >= 4 is 23.7 Å². The van der Waals surface area contributed by atoms with Crippen LogP contribution in [0.5, 0.6) is 0 Å². The Kier molecular flexibility index (Phi) is 4.85. The summed E-state index contributed by atoms with van der Waals surface area (Å²) in [4.78, 5) is 1.30. The van der Waals surface area contributed by atoms with Crippen molar-refractivity contribution in [2.24, 2.45) is 5.10 Å². The summed E-state index contributed by atoms with van der Waals surface area (Å²) in [7, 11) is 0. The first kappa shape index (κ1) is 12.7. The van der Waals surface area contributed by atoms with Crippen LogP contribution < -0.4 is 5.43 Å². The Balaban J connectivity index is 1.93. The monoisotopic (exact) mass is 256 g/mol. The molecule has 0 radical (unpaired) electrons. The molecule has 2 aromatic carbocycles. The van der Waals surface area contributed by atoms with E-state index in [1.807, 2.05) is 48.3 Å². The van der Waals surface area contributed by atoms with Gasteiger partial charge in [-0.15, -0.1) is 11.8 Å². The fourth-order valence-corrected chi connectivity index (χ4v) is 2.17. The van der Waals surface area contributed by atoms with Crippen LogP contribution >= 0.6 is 11.8 Å². The van der Waals surface area contributed by atoms with E-state index in [1.54, 1.807) is 0 Å². The van der Waals surface area contributed by atoms with E-state index in [4.69, 9.17) is 0 Å². The highest BCUT2D eigenvalue weighted by Gasteiger charge is 1.92. The van der Waals surface area contributed by atoms with Gasteiger partial charge >= 0.3 is 0 Å². The normalized spacial score (nSPS) is 10.7. The molecule has 0 aliphatic rings. The van der Waals surface area contributed by atoms with E-state index in [2.05, 4.69) is 41.7 Å². The topological polar surface area (TPSA) is 24.4 Å². The highest BCUT2D eigenvalue weighted by atomic mass is 32.2. The third-order valence-corrected chi connectivity index (χ3v) is 3.27. The van der Waals surface area contributed by atoms with E-state index < -0.39 is 0 Å². The van der Waals surface area contributed by atoms with Crippen LogP contribution in [0.2, 0.25) is 0 Å². The number of nitrogens with one attached hydrogen (secondary N) is 1. The van der Waals surface area contributed by atoms with Gasteiger partial charge in [0, 0.05) is 4.90 Å². The molecule has 2 nitrogen and oxygen atoms in total. The smallest absolute Gasteiger partial charge is 0.0561 e. The predicted molar refractivity (Wildman–Crippen MR) is 80.5 cm³/mol. The van der Waals surface area contributed by atoms with Gasteiger partial charge in [-0.2, -0.15) is 5.10 Å². The van der Waals surface area contributed by atoms with E-state index >= 15 is 0 Å². The Morgan fingerprint density at radius 3 is 2.44 bits per heavy atom. The lowest BCUT2D eigenvalue weighted by molar-refractivity contribution is 1.34. The molecule has 2 aromatic rings.